The van der Waals surface area contributed by atoms with Crippen LogP contribution in [-0.4, -0.2) is 84.2 Å². The summed E-state index contributed by atoms with van der Waals surface area (Å²) in [5.74, 6) is -0.473. The van der Waals surface area contributed by atoms with Gasteiger partial charge in [-0.2, -0.15) is 13.2 Å². The Balaban J connectivity index is 1.57. The summed E-state index contributed by atoms with van der Waals surface area (Å²) in [6.45, 7) is 4.59. The average molecular weight is 449 g/mol. The molecule has 0 saturated carbocycles. The Morgan fingerprint density at radius 1 is 1.20 bits per heavy atom. The van der Waals surface area contributed by atoms with Gasteiger partial charge >= 0.3 is 6.18 Å². The van der Waals surface area contributed by atoms with Crippen LogP contribution in [0.5, 0.6) is 0 Å². The van der Waals surface area contributed by atoms with Crippen molar-refractivity contribution in [2.75, 3.05) is 52.0 Å². The smallest absolute Gasteiger partial charge is 0.397 e. The fourth-order valence-corrected chi connectivity index (χ4v) is 4.46. The van der Waals surface area contributed by atoms with E-state index in [1.54, 1.807) is 4.90 Å². The molecule has 30 heavy (non-hydrogen) atoms. The zero-order valence-corrected chi connectivity index (χ0v) is 17.7. The lowest BCUT2D eigenvalue weighted by molar-refractivity contribution is -0.142. The van der Waals surface area contributed by atoms with Crippen LogP contribution < -0.4 is 5.73 Å². The second-order valence-electron chi connectivity index (χ2n) is 8.15. The van der Waals surface area contributed by atoms with Gasteiger partial charge in [-0.25, -0.2) is 0 Å². The van der Waals surface area contributed by atoms with Crippen molar-refractivity contribution >= 4 is 23.2 Å². The second-order valence-corrected chi connectivity index (χ2v) is 8.56. The van der Waals surface area contributed by atoms with Crippen LogP contribution >= 0.6 is 11.6 Å². The van der Waals surface area contributed by atoms with Gasteiger partial charge in [-0.15, -0.1) is 0 Å². The third kappa shape index (κ3) is 5.38. The van der Waals surface area contributed by atoms with Crippen molar-refractivity contribution in [3.05, 3.63) is 28.3 Å². The minimum absolute atomic E-state index is 0.118. The van der Waals surface area contributed by atoms with Gasteiger partial charge in [-0.05, 0) is 50.7 Å². The van der Waals surface area contributed by atoms with Gasteiger partial charge in [0.15, 0.2) is 0 Å². The molecule has 6 nitrogen and oxygen atoms in total. The Kier molecular flexibility index (Phi) is 7.16. The number of carbonyl (C=O) groups is 1. The van der Waals surface area contributed by atoms with E-state index in [1.165, 1.54) is 6.07 Å². The number of rotatable bonds is 4. The lowest BCUT2D eigenvalue weighted by Gasteiger charge is -2.42. The number of nitrogen functional groups attached to an aromatic ring is 1. The number of hydrogen-bond donors (Lipinski definition) is 2. The molecule has 1 atom stereocenters. The van der Waals surface area contributed by atoms with Crippen molar-refractivity contribution in [2.45, 2.75) is 37.6 Å². The zero-order chi connectivity index (χ0) is 22.1. The lowest BCUT2D eigenvalue weighted by Crippen LogP contribution is -2.55. The van der Waals surface area contributed by atoms with Gasteiger partial charge in [0.25, 0.3) is 5.91 Å². The zero-order valence-electron chi connectivity index (χ0n) is 17.0. The molecular formula is C20H28ClF3N4O2. The fourth-order valence-electron chi connectivity index (χ4n) is 4.22. The van der Waals surface area contributed by atoms with Crippen molar-refractivity contribution in [1.29, 1.82) is 0 Å². The molecule has 2 aliphatic heterocycles. The Morgan fingerprint density at radius 3 is 2.37 bits per heavy atom. The average Bonchev–Trinajstić information content (AvgIpc) is 2.70. The second kappa shape index (κ2) is 9.30. The number of aliphatic hydroxyl groups excluding tert-OH is 1. The molecule has 0 bridgehead atoms. The molecule has 1 aromatic rings. The number of aliphatic hydroxyl groups is 1. The number of likely N-dealkylation sites (tertiary alicyclic amines) is 1. The highest BCUT2D eigenvalue weighted by Crippen LogP contribution is 2.38. The number of hydrogen-bond acceptors (Lipinski definition) is 5. The maximum absolute atomic E-state index is 13.1. The van der Waals surface area contributed by atoms with Crippen LogP contribution in [0, 0.1) is 0 Å². The topological polar surface area (TPSA) is 73.0 Å². The molecule has 2 aliphatic rings. The van der Waals surface area contributed by atoms with Crippen molar-refractivity contribution in [3.63, 3.8) is 0 Å². The summed E-state index contributed by atoms with van der Waals surface area (Å²) in [4.78, 5) is 18.9. The van der Waals surface area contributed by atoms with E-state index in [0.29, 0.717) is 19.1 Å². The van der Waals surface area contributed by atoms with E-state index in [-0.39, 0.29) is 17.0 Å². The molecule has 1 aromatic carbocycles. The number of anilines is 1. The quantitative estimate of drug-likeness (QED) is 0.690. The molecule has 2 heterocycles. The number of piperidine rings is 1. The third-order valence-electron chi connectivity index (χ3n) is 6.04. The molecule has 0 aliphatic carbocycles. The molecule has 0 radical (unpaired) electrons. The van der Waals surface area contributed by atoms with Gasteiger partial charge in [-0.3, -0.25) is 9.69 Å². The molecule has 3 N–H and O–H groups in total. The number of halogens is 4. The summed E-state index contributed by atoms with van der Waals surface area (Å²) in [5.41, 5.74) is 3.93. The summed E-state index contributed by atoms with van der Waals surface area (Å²) in [6, 6.07) is 2.62. The molecule has 1 amide bonds. The van der Waals surface area contributed by atoms with Crippen LogP contribution in [-0.2, 0) is 17.4 Å². The molecule has 0 aromatic heterocycles. The van der Waals surface area contributed by atoms with Gasteiger partial charge in [0.05, 0.1) is 16.3 Å². The number of alkyl halides is 3. The monoisotopic (exact) mass is 448 g/mol. The normalized spacial score (nSPS) is 21.1. The van der Waals surface area contributed by atoms with Gasteiger partial charge in [0, 0.05) is 38.6 Å². The Hall–Kier alpha value is -1.55. The number of nitrogens with zero attached hydrogens (tertiary/aromatic N) is 3. The van der Waals surface area contributed by atoms with E-state index in [0.717, 1.165) is 45.1 Å². The first-order valence-corrected chi connectivity index (χ1v) is 10.5. The van der Waals surface area contributed by atoms with Crippen molar-refractivity contribution in [3.8, 4) is 0 Å². The largest absolute Gasteiger partial charge is 0.418 e. The van der Waals surface area contributed by atoms with Crippen LogP contribution in [0.25, 0.3) is 0 Å². The number of piperazine rings is 1. The highest BCUT2D eigenvalue weighted by molar-refractivity contribution is 6.33. The molecule has 10 heteroatoms. The molecule has 3 rings (SSSR count). The summed E-state index contributed by atoms with van der Waals surface area (Å²) >= 11 is 5.83. The Labute approximate surface area is 179 Å². The van der Waals surface area contributed by atoms with Crippen molar-refractivity contribution in [2.24, 2.45) is 0 Å². The maximum Gasteiger partial charge on any atom is 0.418 e. The fraction of sp³-hybridized carbons (Fsp3) is 0.650. The van der Waals surface area contributed by atoms with E-state index < -0.39 is 29.4 Å². The molecule has 0 unspecified atom stereocenters. The molecular weight excluding hydrogens is 421 g/mol. The summed E-state index contributed by atoms with van der Waals surface area (Å²) in [7, 11) is 2.11. The highest BCUT2D eigenvalue weighted by atomic mass is 35.5. The van der Waals surface area contributed by atoms with E-state index in [2.05, 4.69) is 16.8 Å². The molecule has 2 saturated heterocycles. The standard InChI is InChI=1S/C20H28ClF3N4O2/c1-26-4-2-14(3-5-26)27-6-8-28(9-7-27)19(30)17(29)12-13-10-15(20(22,23)24)18(25)16(21)11-13/h10-11,14,17,29H,2-9,12,25H2,1H3/t17-/m1/s1. The number of nitrogens with two attached hydrogens (primary N) is 1. The summed E-state index contributed by atoms with van der Waals surface area (Å²) < 4.78 is 39.4. The van der Waals surface area contributed by atoms with Crippen LogP contribution in [0.2, 0.25) is 5.02 Å². The van der Waals surface area contributed by atoms with Crippen molar-refractivity contribution < 1.29 is 23.1 Å². The van der Waals surface area contributed by atoms with Gasteiger partial charge < -0.3 is 20.6 Å². The minimum atomic E-state index is -4.66. The first-order valence-electron chi connectivity index (χ1n) is 10.1. The first-order chi connectivity index (χ1) is 14.1. The van der Waals surface area contributed by atoms with Crippen LogP contribution in [0.4, 0.5) is 18.9 Å². The maximum atomic E-state index is 13.1. The van der Waals surface area contributed by atoms with Gasteiger partial charge in [0.1, 0.15) is 6.10 Å². The Morgan fingerprint density at radius 2 is 1.80 bits per heavy atom. The predicted octanol–water partition coefficient (Wildman–Crippen LogP) is 2.08. The number of carbonyl (C=O) groups excluding carboxylic acids is 1. The van der Waals surface area contributed by atoms with Crippen LogP contribution in [0.3, 0.4) is 0 Å². The SMILES string of the molecule is CN1CCC(N2CCN(C(=O)[C@H](O)Cc3cc(Cl)c(N)c(C(F)(F)F)c3)CC2)CC1. The predicted molar refractivity (Wildman–Crippen MR) is 109 cm³/mol. The highest BCUT2D eigenvalue weighted by Gasteiger charge is 2.35. The van der Waals surface area contributed by atoms with Crippen LogP contribution in [0.15, 0.2) is 12.1 Å². The van der Waals surface area contributed by atoms with Gasteiger partial charge in [-0.1, -0.05) is 11.6 Å². The number of benzene rings is 1. The Bertz CT molecular complexity index is 761. The molecule has 168 valence electrons. The van der Waals surface area contributed by atoms with Crippen LogP contribution in [0.1, 0.15) is 24.0 Å². The van der Waals surface area contributed by atoms with Crippen molar-refractivity contribution in [1.82, 2.24) is 14.7 Å². The molecule has 0 spiro atoms. The summed E-state index contributed by atoms with van der Waals surface area (Å²) in [6.07, 6.45) is -4.14. The molecule has 2 fully saturated rings. The van der Waals surface area contributed by atoms with E-state index in [1.807, 2.05) is 0 Å². The van der Waals surface area contributed by atoms with E-state index in [4.69, 9.17) is 17.3 Å². The van der Waals surface area contributed by atoms with E-state index in [9.17, 15) is 23.1 Å². The number of amides is 1. The van der Waals surface area contributed by atoms with E-state index >= 15 is 0 Å². The van der Waals surface area contributed by atoms with Gasteiger partial charge in [0.2, 0.25) is 0 Å². The summed E-state index contributed by atoms with van der Waals surface area (Å²) in [5, 5.41) is 10.1. The minimum Gasteiger partial charge on any atom is -0.397 e. The lowest BCUT2D eigenvalue weighted by atomic mass is 10.0. The first kappa shape index (κ1) is 23.1. The third-order valence-corrected chi connectivity index (χ3v) is 6.35.